The lowest BCUT2D eigenvalue weighted by atomic mass is 10.1. The lowest BCUT2D eigenvalue weighted by Crippen LogP contribution is -1.98. The van der Waals surface area contributed by atoms with E-state index in [0.29, 0.717) is 6.61 Å². The van der Waals surface area contributed by atoms with Gasteiger partial charge in [0.2, 0.25) is 0 Å². The van der Waals surface area contributed by atoms with Gasteiger partial charge >= 0.3 is 0 Å². The van der Waals surface area contributed by atoms with Crippen LogP contribution in [0.4, 0.5) is 0 Å². The van der Waals surface area contributed by atoms with Gasteiger partial charge in [0.15, 0.2) is 0 Å². The molecule has 6 nitrogen and oxygen atoms in total. The molecule has 5 aromatic rings. The van der Waals surface area contributed by atoms with Crippen molar-refractivity contribution < 1.29 is 9.47 Å². The Hall–Kier alpha value is -4.58. The van der Waals surface area contributed by atoms with E-state index in [4.69, 9.17) is 9.47 Å². The molecule has 174 valence electrons. The standard InChI is InChI=1S/C29H26N4O2/c1-33-16-14-23-17-21(7-13-28(23)33)6-10-24-18-25(32-31-24)11-8-22-9-12-27(19-29(22)34-2)35-20-26-5-3-4-15-30-26/h3-19H,20H2,1-2H3,(H,31,32)/b10-6+,11-8+. The second kappa shape index (κ2) is 10.1. The van der Waals surface area contributed by atoms with Gasteiger partial charge in [0, 0.05) is 42.0 Å². The maximum absolute atomic E-state index is 5.85. The largest absolute Gasteiger partial charge is 0.496 e. The van der Waals surface area contributed by atoms with Crippen LogP contribution >= 0.6 is 0 Å². The SMILES string of the molecule is COc1cc(OCc2ccccn2)ccc1/C=C/c1cc(/C=C/c2ccc3c(ccn3C)c2)[nH]n1. The van der Waals surface area contributed by atoms with Crippen molar-refractivity contribution in [1.29, 1.82) is 0 Å². The van der Waals surface area contributed by atoms with E-state index < -0.39 is 0 Å². The molecule has 0 fully saturated rings. The van der Waals surface area contributed by atoms with Crippen LogP contribution in [0.5, 0.6) is 11.5 Å². The van der Waals surface area contributed by atoms with Gasteiger partial charge in [0.05, 0.1) is 24.2 Å². The smallest absolute Gasteiger partial charge is 0.130 e. The van der Waals surface area contributed by atoms with Crippen molar-refractivity contribution >= 4 is 35.2 Å². The maximum atomic E-state index is 5.85. The van der Waals surface area contributed by atoms with Crippen LogP contribution in [-0.4, -0.2) is 26.9 Å². The van der Waals surface area contributed by atoms with E-state index in [2.05, 4.69) is 63.3 Å². The summed E-state index contributed by atoms with van der Waals surface area (Å²) < 4.78 is 13.5. The predicted molar refractivity (Wildman–Crippen MR) is 141 cm³/mol. The summed E-state index contributed by atoms with van der Waals surface area (Å²) in [6.45, 7) is 0.405. The van der Waals surface area contributed by atoms with Crippen LogP contribution in [0.25, 0.3) is 35.2 Å². The number of fused-ring (bicyclic) bond motifs is 1. The first-order valence-electron chi connectivity index (χ1n) is 11.4. The Balaban J connectivity index is 1.24. The molecule has 35 heavy (non-hydrogen) atoms. The number of H-pyrrole nitrogens is 1. The van der Waals surface area contributed by atoms with Gasteiger partial charge in [-0.1, -0.05) is 18.2 Å². The molecule has 5 rings (SSSR count). The van der Waals surface area contributed by atoms with Crippen LogP contribution in [0.1, 0.15) is 28.2 Å². The van der Waals surface area contributed by atoms with Crippen LogP contribution in [-0.2, 0) is 13.7 Å². The Morgan fingerprint density at radius 1 is 0.943 bits per heavy atom. The average Bonchev–Trinajstić information content (AvgIpc) is 3.52. The number of aromatic nitrogens is 4. The van der Waals surface area contributed by atoms with Gasteiger partial charge in [-0.25, -0.2) is 0 Å². The first-order valence-corrected chi connectivity index (χ1v) is 11.4. The van der Waals surface area contributed by atoms with Gasteiger partial charge in [0.1, 0.15) is 18.1 Å². The Labute approximate surface area is 204 Å². The number of rotatable bonds is 8. The molecule has 2 aromatic carbocycles. The highest BCUT2D eigenvalue weighted by Gasteiger charge is 2.05. The van der Waals surface area contributed by atoms with Crippen LogP contribution in [0, 0.1) is 0 Å². The normalized spacial score (nSPS) is 11.6. The van der Waals surface area contributed by atoms with Crippen LogP contribution < -0.4 is 9.47 Å². The Bertz CT molecular complexity index is 1500. The highest BCUT2D eigenvalue weighted by molar-refractivity contribution is 5.84. The van der Waals surface area contributed by atoms with Crippen molar-refractivity contribution in [2.24, 2.45) is 7.05 Å². The summed E-state index contributed by atoms with van der Waals surface area (Å²) in [5.74, 6) is 1.46. The molecule has 0 radical (unpaired) electrons. The summed E-state index contributed by atoms with van der Waals surface area (Å²) in [6, 6.07) is 22.1. The molecule has 3 aromatic heterocycles. The molecule has 0 unspecified atom stereocenters. The van der Waals surface area contributed by atoms with Crippen molar-refractivity contribution in [2.75, 3.05) is 7.11 Å². The third kappa shape index (κ3) is 5.33. The van der Waals surface area contributed by atoms with E-state index in [0.717, 1.165) is 39.7 Å². The van der Waals surface area contributed by atoms with E-state index >= 15 is 0 Å². The zero-order valence-electron chi connectivity index (χ0n) is 19.7. The summed E-state index contributed by atoms with van der Waals surface area (Å²) >= 11 is 0. The molecule has 0 spiro atoms. The maximum Gasteiger partial charge on any atom is 0.130 e. The van der Waals surface area contributed by atoms with E-state index in [1.165, 1.54) is 10.9 Å². The molecule has 0 bridgehead atoms. The number of methoxy groups -OCH3 is 1. The van der Waals surface area contributed by atoms with Crippen LogP contribution in [0.15, 0.2) is 79.1 Å². The number of aryl methyl sites for hydroxylation is 1. The number of ether oxygens (including phenoxy) is 2. The molecule has 0 aliphatic carbocycles. The molecule has 0 aliphatic rings. The number of nitrogens with one attached hydrogen (secondary N) is 1. The van der Waals surface area contributed by atoms with Gasteiger partial charge in [-0.15, -0.1) is 0 Å². The second-order valence-electron chi connectivity index (χ2n) is 8.17. The average molecular weight is 463 g/mol. The van der Waals surface area contributed by atoms with E-state index in [1.807, 2.05) is 60.7 Å². The quantitative estimate of drug-likeness (QED) is 0.297. The Morgan fingerprint density at radius 2 is 1.89 bits per heavy atom. The zero-order valence-corrected chi connectivity index (χ0v) is 19.7. The van der Waals surface area contributed by atoms with Gasteiger partial charge in [-0.05, 0) is 72.3 Å². The second-order valence-corrected chi connectivity index (χ2v) is 8.17. The molecule has 3 heterocycles. The number of aromatic amines is 1. The Morgan fingerprint density at radius 3 is 2.74 bits per heavy atom. The van der Waals surface area contributed by atoms with E-state index in [9.17, 15) is 0 Å². The molecule has 0 saturated heterocycles. The van der Waals surface area contributed by atoms with E-state index in [-0.39, 0.29) is 0 Å². The predicted octanol–water partition coefficient (Wildman–Crippen LogP) is 6.22. The van der Waals surface area contributed by atoms with Crippen molar-refractivity contribution in [3.63, 3.8) is 0 Å². The minimum Gasteiger partial charge on any atom is -0.496 e. The van der Waals surface area contributed by atoms with Gasteiger partial charge in [0.25, 0.3) is 0 Å². The fourth-order valence-electron chi connectivity index (χ4n) is 3.85. The fraction of sp³-hybridized carbons (Fsp3) is 0.103. The Kier molecular flexibility index (Phi) is 6.44. The summed E-state index contributed by atoms with van der Waals surface area (Å²) in [7, 11) is 3.71. The number of hydrogen-bond acceptors (Lipinski definition) is 4. The summed E-state index contributed by atoms with van der Waals surface area (Å²) in [4.78, 5) is 4.28. The molecule has 0 amide bonds. The van der Waals surface area contributed by atoms with Crippen LogP contribution in [0.2, 0.25) is 0 Å². The minimum atomic E-state index is 0.405. The first-order chi connectivity index (χ1) is 17.2. The molecule has 0 atom stereocenters. The number of hydrogen-bond donors (Lipinski definition) is 1. The lowest BCUT2D eigenvalue weighted by Gasteiger charge is -2.09. The monoisotopic (exact) mass is 462 g/mol. The zero-order chi connectivity index (χ0) is 24.0. The highest BCUT2D eigenvalue weighted by atomic mass is 16.5. The summed E-state index contributed by atoms with van der Waals surface area (Å²) in [5.41, 5.74) is 5.95. The van der Waals surface area contributed by atoms with E-state index in [1.54, 1.807) is 13.3 Å². The topological polar surface area (TPSA) is 65.0 Å². The van der Waals surface area contributed by atoms with Gasteiger partial charge in [-0.2, -0.15) is 5.10 Å². The summed E-state index contributed by atoms with van der Waals surface area (Å²) in [5, 5.41) is 8.70. The van der Waals surface area contributed by atoms with Gasteiger partial charge in [-0.3, -0.25) is 10.1 Å². The summed E-state index contributed by atoms with van der Waals surface area (Å²) in [6.07, 6.45) is 11.9. The van der Waals surface area contributed by atoms with Gasteiger partial charge < -0.3 is 14.0 Å². The van der Waals surface area contributed by atoms with Crippen LogP contribution in [0.3, 0.4) is 0 Å². The lowest BCUT2D eigenvalue weighted by molar-refractivity contribution is 0.299. The third-order valence-corrected chi connectivity index (χ3v) is 5.73. The number of benzene rings is 2. The molecular formula is C29H26N4O2. The first kappa shape index (κ1) is 22.2. The molecular weight excluding hydrogens is 436 g/mol. The van der Waals surface area contributed by atoms with Crippen molar-refractivity contribution in [3.05, 3.63) is 107 Å². The fourth-order valence-corrected chi connectivity index (χ4v) is 3.85. The van der Waals surface area contributed by atoms with Crippen molar-refractivity contribution in [3.8, 4) is 11.5 Å². The molecule has 6 heteroatoms. The van der Waals surface area contributed by atoms with Crippen molar-refractivity contribution in [1.82, 2.24) is 19.7 Å². The molecule has 0 aliphatic heterocycles. The number of pyridine rings is 1. The van der Waals surface area contributed by atoms with Crippen molar-refractivity contribution in [2.45, 2.75) is 6.61 Å². The third-order valence-electron chi connectivity index (χ3n) is 5.73. The molecule has 0 saturated carbocycles. The molecule has 1 N–H and O–H groups in total. The minimum absolute atomic E-state index is 0.405. The highest BCUT2D eigenvalue weighted by Crippen LogP contribution is 2.27. The number of nitrogens with zero attached hydrogens (tertiary/aromatic N) is 3.